The minimum Gasteiger partial charge on any atom is -0.491 e. The summed E-state index contributed by atoms with van der Waals surface area (Å²) in [5.74, 6) is 0.451. The number of pyridine rings is 1. The highest BCUT2D eigenvalue weighted by Gasteiger charge is 2.10. The molecule has 0 spiro atoms. The lowest BCUT2D eigenvalue weighted by Gasteiger charge is -2.09. The maximum atomic E-state index is 12.4. The molecule has 136 valence electrons. The molecule has 6 heteroatoms. The number of aromatic amines is 1. The summed E-state index contributed by atoms with van der Waals surface area (Å²) >= 11 is 0. The van der Waals surface area contributed by atoms with Crippen LogP contribution in [-0.2, 0) is 6.54 Å². The topological polar surface area (TPSA) is 76.1 Å². The Morgan fingerprint density at radius 3 is 2.77 bits per heavy atom. The lowest BCUT2D eigenvalue weighted by atomic mass is 10.1. The third kappa shape index (κ3) is 3.79. The van der Waals surface area contributed by atoms with Gasteiger partial charge in [0.25, 0.3) is 5.91 Å². The fraction of sp³-hybridized carbons (Fsp3) is 0.300. The molecule has 0 saturated heterocycles. The summed E-state index contributed by atoms with van der Waals surface area (Å²) < 4.78 is 7.13. The Morgan fingerprint density at radius 2 is 2.08 bits per heavy atom. The van der Waals surface area contributed by atoms with E-state index in [-0.39, 0.29) is 22.8 Å². The lowest BCUT2D eigenvalue weighted by Crippen LogP contribution is -2.17. The van der Waals surface area contributed by atoms with Gasteiger partial charge in [0.05, 0.1) is 7.11 Å². The second-order valence-corrected chi connectivity index (χ2v) is 6.70. The molecule has 0 radical (unpaired) electrons. The SMILES string of the molecule is COc1c[nH]c(C(=O)Nc2ccc3c(ccn3CCC(C)C)c2)cc1=O. The maximum Gasteiger partial charge on any atom is 0.272 e. The molecule has 0 unspecified atom stereocenters. The van der Waals surface area contributed by atoms with Gasteiger partial charge in [-0.25, -0.2) is 0 Å². The van der Waals surface area contributed by atoms with Gasteiger partial charge in [-0.05, 0) is 36.6 Å². The molecule has 0 saturated carbocycles. The Balaban J connectivity index is 1.77. The molecule has 0 bridgehead atoms. The van der Waals surface area contributed by atoms with Crippen molar-refractivity contribution in [1.82, 2.24) is 9.55 Å². The molecule has 0 fully saturated rings. The van der Waals surface area contributed by atoms with E-state index in [1.54, 1.807) is 0 Å². The van der Waals surface area contributed by atoms with Crippen LogP contribution >= 0.6 is 0 Å². The number of hydrogen-bond donors (Lipinski definition) is 2. The number of aryl methyl sites for hydroxylation is 1. The van der Waals surface area contributed by atoms with Crippen LogP contribution in [0.2, 0.25) is 0 Å². The van der Waals surface area contributed by atoms with Crippen LogP contribution in [0.1, 0.15) is 30.8 Å². The number of ether oxygens (including phenoxy) is 1. The number of carbonyl (C=O) groups excluding carboxylic acids is 1. The van der Waals surface area contributed by atoms with Crippen molar-refractivity contribution in [3.8, 4) is 5.75 Å². The van der Waals surface area contributed by atoms with E-state index in [4.69, 9.17) is 4.74 Å². The zero-order valence-corrected chi connectivity index (χ0v) is 15.2. The number of nitrogens with one attached hydrogen (secondary N) is 2. The van der Waals surface area contributed by atoms with Crippen LogP contribution < -0.4 is 15.5 Å². The second-order valence-electron chi connectivity index (χ2n) is 6.70. The van der Waals surface area contributed by atoms with Crippen molar-refractivity contribution in [2.45, 2.75) is 26.8 Å². The molecule has 1 amide bonds. The number of amides is 1. The van der Waals surface area contributed by atoms with E-state index in [1.165, 1.54) is 19.4 Å². The van der Waals surface area contributed by atoms with Gasteiger partial charge in [0.15, 0.2) is 5.75 Å². The molecule has 3 rings (SSSR count). The molecular weight excluding hydrogens is 330 g/mol. The van der Waals surface area contributed by atoms with Gasteiger partial charge in [0.2, 0.25) is 5.43 Å². The Morgan fingerprint density at radius 1 is 1.27 bits per heavy atom. The first-order valence-electron chi connectivity index (χ1n) is 8.65. The van der Waals surface area contributed by atoms with Crippen molar-refractivity contribution < 1.29 is 9.53 Å². The Bertz CT molecular complexity index is 985. The van der Waals surface area contributed by atoms with E-state index < -0.39 is 0 Å². The third-order valence-electron chi connectivity index (χ3n) is 4.32. The average Bonchev–Trinajstić information content (AvgIpc) is 3.02. The summed E-state index contributed by atoms with van der Waals surface area (Å²) in [5, 5.41) is 3.88. The Kier molecular flexibility index (Phi) is 5.11. The largest absolute Gasteiger partial charge is 0.491 e. The van der Waals surface area contributed by atoms with Gasteiger partial charge < -0.3 is 19.6 Å². The highest BCUT2D eigenvalue weighted by molar-refractivity contribution is 6.03. The van der Waals surface area contributed by atoms with E-state index >= 15 is 0 Å². The number of nitrogens with zero attached hydrogens (tertiary/aromatic N) is 1. The van der Waals surface area contributed by atoms with Crippen LogP contribution in [-0.4, -0.2) is 22.6 Å². The van der Waals surface area contributed by atoms with Crippen molar-refractivity contribution in [3.63, 3.8) is 0 Å². The molecule has 0 aliphatic carbocycles. The van der Waals surface area contributed by atoms with Crippen LogP contribution in [0.5, 0.6) is 5.75 Å². The van der Waals surface area contributed by atoms with Gasteiger partial charge in [0.1, 0.15) is 5.69 Å². The van der Waals surface area contributed by atoms with Crippen molar-refractivity contribution in [2.75, 3.05) is 12.4 Å². The van der Waals surface area contributed by atoms with Gasteiger partial charge in [-0.1, -0.05) is 13.8 Å². The number of rotatable bonds is 6. The summed E-state index contributed by atoms with van der Waals surface area (Å²) in [6, 6.07) is 9.08. The molecule has 2 N–H and O–H groups in total. The van der Waals surface area contributed by atoms with Crippen LogP contribution in [0.4, 0.5) is 5.69 Å². The maximum absolute atomic E-state index is 12.4. The predicted molar refractivity (Wildman–Crippen MR) is 103 cm³/mol. The van der Waals surface area contributed by atoms with Gasteiger partial charge in [-0.2, -0.15) is 0 Å². The standard InChI is InChI=1S/C20H23N3O3/c1-13(2)6-8-23-9-7-14-10-15(4-5-17(14)23)22-20(25)16-11-18(24)19(26-3)12-21-16/h4-5,7,9-13H,6,8H2,1-3H3,(H,21,24)(H,22,25). The quantitative estimate of drug-likeness (QED) is 0.710. The van der Waals surface area contributed by atoms with Crippen LogP contribution in [0, 0.1) is 5.92 Å². The Labute approximate surface area is 151 Å². The number of fused-ring (bicyclic) bond motifs is 1. The van der Waals surface area contributed by atoms with Gasteiger partial charge in [-0.3, -0.25) is 9.59 Å². The molecule has 0 aliphatic rings. The molecule has 6 nitrogen and oxygen atoms in total. The zero-order chi connectivity index (χ0) is 18.7. The fourth-order valence-corrected chi connectivity index (χ4v) is 2.82. The second kappa shape index (κ2) is 7.47. The third-order valence-corrected chi connectivity index (χ3v) is 4.32. The van der Waals surface area contributed by atoms with Crippen LogP contribution in [0.25, 0.3) is 10.9 Å². The first kappa shape index (κ1) is 17.8. The van der Waals surface area contributed by atoms with E-state index in [9.17, 15) is 9.59 Å². The number of H-pyrrole nitrogens is 1. The molecular formula is C20H23N3O3. The summed E-state index contributed by atoms with van der Waals surface area (Å²) in [5.41, 5.74) is 1.67. The first-order valence-corrected chi connectivity index (χ1v) is 8.65. The van der Waals surface area contributed by atoms with Gasteiger partial charge in [0, 0.05) is 41.6 Å². The van der Waals surface area contributed by atoms with Crippen LogP contribution in [0.3, 0.4) is 0 Å². The highest BCUT2D eigenvalue weighted by atomic mass is 16.5. The number of benzene rings is 1. The molecule has 1 aromatic carbocycles. The molecule has 3 aromatic rings. The van der Waals surface area contributed by atoms with Crippen LogP contribution in [0.15, 0.2) is 47.5 Å². The predicted octanol–water partition coefficient (Wildman–Crippen LogP) is 3.64. The monoisotopic (exact) mass is 353 g/mol. The smallest absolute Gasteiger partial charge is 0.272 e. The number of methoxy groups -OCH3 is 1. The molecule has 2 aromatic heterocycles. The van der Waals surface area contributed by atoms with E-state index in [1.807, 2.05) is 24.3 Å². The molecule has 0 aliphatic heterocycles. The lowest BCUT2D eigenvalue weighted by molar-refractivity contribution is 0.102. The normalized spacial score (nSPS) is 11.1. The fourth-order valence-electron chi connectivity index (χ4n) is 2.82. The number of carbonyl (C=O) groups is 1. The minimum absolute atomic E-state index is 0.172. The summed E-state index contributed by atoms with van der Waals surface area (Å²) in [7, 11) is 1.41. The number of anilines is 1. The highest BCUT2D eigenvalue weighted by Crippen LogP contribution is 2.22. The summed E-state index contributed by atoms with van der Waals surface area (Å²) in [6.45, 7) is 5.39. The molecule has 26 heavy (non-hydrogen) atoms. The van der Waals surface area contributed by atoms with Crippen molar-refractivity contribution in [3.05, 3.63) is 58.6 Å². The van der Waals surface area contributed by atoms with Gasteiger partial charge in [-0.15, -0.1) is 0 Å². The van der Waals surface area contributed by atoms with E-state index in [0.29, 0.717) is 11.6 Å². The van der Waals surface area contributed by atoms with E-state index in [0.717, 1.165) is 23.9 Å². The first-order chi connectivity index (χ1) is 12.5. The van der Waals surface area contributed by atoms with Gasteiger partial charge >= 0.3 is 0 Å². The zero-order valence-electron chi connectivity index (χ0n) is 15.2. The average molecular weight is 353 g/mol. The van der Waals surface area contributed by atoms with Crippen molar-refractivity contribution in [1.29, 1.82) is 0 Å². The summed E-state index contributed by atoms with van der Waals surface area (Å²) in [6.07, 6.45) is 4.57. The minimum atomic E-state index is -0.372. The summed E-state index contributed by atoms with van der Waals surface area (Å²) in [4.78, 5) is 26.9. The van der Waals surface area contributed by atoms with Crippen molar-refractivity contribution in [2.24, 2.45) is 5.92 Å². The molecule has 2 heterocycles. The van der Waals surface area contributed by atoms with Crippen molar-refractivity contribution >= 4 is 22.5 Å². The number of aromatic nitrogens is 2. The number of hydrogen-bond acceptors (Lipinski definition) is 3. The molecule has 0 atom stereocenters. The van der Waals surface area contributed by atoms with E-state index in [2.05, 4.69) is 34.9 Å². The Hall–Kier alpha value is -3.02.